The Morgan fingerprint density at radius 3 is 1.96 bits per heavy atom. The van der Waals surface area contributed by atoms with Crippen LogP contribution in [-0.4, -0.2) is 15.2 Å². The normalized spacial score (nSPS) is 10.6. The first-order chi connectivity index (χ1) is 11.4. The van der Waals surface area contributed by atoms with Gasteiger partial charge in [0.15, 0.2) is 0 Å². The molecule has 2 aromatic carbocycles. The van der Waals surface area contributed by atoms with E-state index >= 15 is 0 Å². The van der Waals surface area contributed by atoms with Crippen LogP contribution in [0, 0.1) is 0 Å². The van der Waals surface area contributed by atoms with E-state index in [0.29, 0.717) is 0 Å². The minimum absolute atomic E-state index is 0.989. The number of aromatic amines is 1. The summed E-state index contributed by atoms with van der Waals surface area (Å²) < 4.78 is 0. The summed E-state index contributed by atoms with van der Waals surface area (Å²) in [7, 11) is 0. The quantitative estimate of drug-likeness (QED) is 0.590. The third-order valence-corrected chi connectivity index (χ3v) is 3.90. The van der Waals surface area contributed by atoms with Crippen LogP contribution in [0.15, 0.2) is 85.3 Å². The zero-order chi connectivity index (χ0) is 15.5. The van der Waals surface area contributed by atoms with E-state index in [1.165, 1.54) is 5.56 Å². The Labute approximate surface area is 134 Å². The molecule has 0 spiro atoms. The minimum Gasteiger partial charge on any atom is -0.277 e. The highest BCUT2D eigenvalue weighted by Crippen LogP contribution is 2.35. The number of H-pyrrole nitrogens is 1. The molecule has 0 aliphatic carbocycles. The van der Waals surface area contributed by atoms with Crippen molar-refractivity contribution in [3.05, 3.63) is 85.3 Å². The molecule has 0 aliphatic rings. The lowest BCUT2D eigenvalue weighted by molar-refractivity contribution is 1.09. The molecule has 0 aliphatic heterocycles. The number of benzene rings is 2. The van der Waals surface area contributed by atoms with Crippen LogP contribution in [0.3, 0.4) is 0 Å². The molecule has 0 bridgehead atoms. The average molecular weight is 297 g/mol. The van der Waals surface area contributed by atoms with Crippen molar-refractivity contribution in [3.8, 4) is 33.5 Å². The SMILES string of the molecule is c1ccc(-c2ccncc2-c2[nH]ncc2-c2ccccc2)cc1. The van der Waals surface area contributed by atoms with E-state index in [4.69, 9.17) is 0 Å². The van der Waals surface area contributed by atoms with E-state index in [2.05, 4.69) is 39.4 Å². The van der Waals surface area contributed by atoms with E-state index in [-0.39, 0.29) is 0 Å². The molecule has 4 rings (SSSR count). The van der Waals surface area contributed by atoms with Gasteiger partial charge in [-0.2, -0.15) is 5.10 Å². The lowest BCUT2D eigenvalue weighted by atomic mass is 9.96. The van der Waals surface area contributed by atoms with Crippen molar-refractivity contribution < 1.29 is 0 Å². The molecule has 2 aromatic heterocycles. The van der Waals surface area contributed by atoms with Crippen LogP contribution >= 0.6 is 0 Å². The first-order valence-electron chi connectivity index (χ1n) is 7.52. The lowest BCUT2D eigenvalue weighted by Crippen LogP contribution is -1.89. The topological polar surface area (TPSA) is 41.6 Å². The molecule has 0 radical (unpaired) electrons. The van der Waals surface area contributed by atoms with Gasteiger partial charge in [0.1, 0.15) is 0 Å². The Bertz CT molecular complexity index is 912. The second-order valence-electron chi connectivity index (χ2n) is 5.31. The molecule has 3 nitrogen and oxygen atoms in total. The summed E-state index contributed by atoms with van der Waals surface area (Å²) in [5, 5.41) is 7.40. The van der Waals surface area contributed by atoms with Crippen LogP contribution in [0.2, 0.25) is 0 Å². The molecule has 23 heavy (non-hydrogen) atoms. The van der Waals surface area contributed by atoms with Gasteiger partial charge in [-0.05, 0) is 22.8 Å². The van der Waals surface area contributed by atoms with Crippen LogP contribution in [0.25, 0.3) is 33.5 Å². The van der Waals surface area contributed by atoms with Crippen molar-refractivity contribution in [1.82, 2.24) is 15.2 Å². The van der Waals surface area contributed by atoms with E-state index in [0.717, 1.165) is 27.9 Å². The molecule has 0 atom stereocenters. The molecule has 0 fully saturated rings. The smallest absolute Gasteiger partial charge is 0.0750 e. The summed E-state index contributed by atoms with van der Waals surface area (Å²) in [6.45, 7) is 0. The van der Waals surface area contributed by atoms with Crippen molar-refractivity contribution in [2.45, 2.75) is 0 Å². The Morgan fingerprint density at radius 2 is 1.26 bits per heavy atom. The summed E-state index contributed by atoms with van der Waals surface area (Å²) in [4.78, 5) is 4.31. The number of pyridine rings is 1. The zero-order valence-electron chi connectivity index (χ0n) is 12.5. The Morgan fingerprint density at radius 1 is 0.609 bits per heavy atom. The number of hydrogen-bond acceptors (Lipinski definition) is 2. The standard InChI is InChI=1S/C20H15N3/c1-3-7-15(8-4-1)17-11-12-21-13-19(17)20-18(14-22-23-20)16-9-5-2-6-10-16/h1-14H,(H,22,23). The number of rotatable bonds is 3. The maximum atomic E-state index is 4.31. The van der Waals surface area contributed by atoms with E-state index in [1.807, 2.05) is 61.1 Å². The summed E-state index contributed by atoms with van der Waals surface area (Å²) in [6, 6.07) is 22.6. The van der Waals surface area contributed by atoms with Crippen LogP contribution in [-0.2, 0) is 0 Å². The van der Waals surface area contributed by atoms with Crippen LogP contribution in [0.1, 0.15) is 0 Å². The highest BCUT2D eigenvalue weighted by molar-refractivity contribution is 5.88. The highest BCUT2D eigenvalue weighted by Gasteiger charge is 2.14. The van der Waals surface area contributed by atoms with Gasteiger partial charge in [-0.1, -0.05) is 60.7 Å². The maximum absolute atomic E-state index is 4.31. The predicted molar refractivity (Wildman–Crippen MR) is 92.7 cm³/mol. The second kappa shape index (κ2) is 5.89. The van der Waals surface area contributed by atoms with Crippen LogP contribution < -0.4 is 0 Å². The predicted octanol–water partition coefficient (Wildman–Crippen LogP) is 4.81. The largest absolute Gasteiger partial charge is 0.277 e. The fourth-order valence-corrected chi connectivity index (χ4v) is 2.79. The Balaban J connectivity index is 1.90. The second-order valence-corrected chi connectivity index (χ2v) is 5.31. The van der Waals surface area contributed by atoms with Gasteiger partial charge in [-0.3, -0.25) is 10.1 Å². The van der Waals surface area contributed by atoms with Gasteiger partial charge in [-0.15, -0.1) is 0 Å². The number of hydrogen-bond donors (Lipinski definition) is 1. The molecule has 1 N–H and O–H groups in total. The Kier molecular flexibility index (Phi) is 3.45. The van der Waals surface area contributed by atoms with E-state index in [1.54, 1.807) is 0 Å². The number of nitrogens with one attached hydrogen (secondary N) is 1. The zero-order valence-corrected chi connectivity index (χ0v) is 12.5. The summed E-state index contributed by atoms with van der Waals surface area (Å²) in [5.41, 5.74) is 6.56. The number of aromatic nitrogens is 3. The lowest BCUT2D eigenvalue weighted by Gasteiger charge is -2.10. The van der Waals surface area contributed by atoms with E-state index in [9.17, 15) is 0 Å². The van der Waals surface area contributed by atoms with Crippen molar-refractivity contribution in [3.63, 3.8) is 0 Å². The van der Waals surface area contributed by atoms with Gasteiger partial charge in [0.2, 0.25) is 0 Å². The minimum atomic E-state index is 0.989. The average Bonchev–Trinajstić information content (AvgIpc) is 3.13. The van der Waals surface area contributed by atoms with E-state index < -0.39 is 0 Å². The number of nitrogens with zero attached hydrogens (tertiary/aromatic N) is 2. The van der Waals surface area contributed by atoms with Gasteiger partial charge >= 0.3 is 0 Å². The molecular weight excluding hydrogens is 282 g/mol. The van der Waals surface area contributed by atoms with Crippen molar-refractivity contribution in [2.24, 2.45) is 0 Å². The third-order valence-electron chi connectivity index (χ3n) is 3.90. The first-order valence-corrected chi connectivity index (χ1v) is 7.52. The summed E-state index contributed by atoms with van der Waals surface area (Å²) in [6.07, 6.45) is 5.58. The fourth-order valence-electron chi connectivity index (χ4n) is 2.79. The molecule has 2 heterocycles. The molecule has 4 aromatic rings. The summed E-state index contributed by atoms with van der Waals surface area (Å²) >= 11 is 0. The third kappa shape index (κ3) is 2.53. The van der Waals surface area contributed by atoms with Gasteiger partial charge in [0.05, 0.1) is 11.9 Å². The maximum Gasteiger partial charge on any atom is 0.0750 e. The van der Waals surface area contributed by atoms with Crippen molar-refractivity contribution in [1.29, 1.82) is 0 Å². The first kappa shape index (κ1) is 13.5. The molecule has 0 amide bonds. The highest BCUT2D eigenvalue weighted by atomic mass is 15.1. The molecule has 0 saturated heterocycles. The molecule has 3 heteroatoms. The summed E-state index contributed by atoms with van der Waals surface area (Å²) in [5.74, 6) is 0. The van der Waals surface area contributed by atoms with Crippen LogP contribution in [0.4, 0.5) is 0 Å². The Hall–Kier alpha value is -3.20. The molecular formula is C20H15N3. The van der Waals surface area contributed by atoms with Crippen molar-refractivity contribution >= 4 is 0 Å². The van der Waals surface area contributed by atoms with Crippen LogP contribution in [0.5, 0.6) is 0 Å². The molecule has 0 saturated carbocycles. The monoisotopic (exact) mass is 297 g/mol. The molecule has 110 valence electrons. The van der Waals surface area contributed by atoms with Crippen molar-refractivity contribution in [2.75, 3.05) is 0 Å². The van der Waals surface area contributed by atoms with Gasteiger partial charge < -0.3 is 0 Å². The van der Waals surface area contributed by atoms with Gasteiger partial charge in [0, 0.05) is 23.5 Å². The van der Waals surface area contributed by atoms with Gasteiger partial charge in [0.25, 0.3) is 0 Å². The van der Waals surface area contributed by atoms with Gasteiger partial charge in [-0.25, -0.2) is 0 Å². The molecule has 0 unspecified atom stereocenters. The fraction of sp³-hybridized carbons (Fsp3) is 0.